The molecule has 0 amide bonds. The van der Waals surface area contributed by atoms with Crippen LogP contribution >= 0.6 is 11.8 Å². The van der Waals surface area contributed by atoms with Gasteiger partial charge in [-0.05, 0) is 72.9 Å². The highest BCUT2D eigenvalue weighted by Crippen LogP contribution is 2.43. The van der Waals surface area contributed by atoms with E-state index in [1.54, 1.807) is 18.2 Å². The van der Waals surface area contributed by atoms with Gasteiger partial charge in [0.25, 0.3) is 5.56 Å². The molecule has 1 saturated carbocycles. The van der Waals surface area contributed by atoms with E-state index in [1.165, 1.54) is 61.5 Å². The minimum absolute atomic E-state index is 0.0583. The first-order chi connectivity index (χ1) is 17.0. The van der Waals surface area contributed by atoms with E-state index in [0.29, 0.717) is 28.7 Å². The first kappa shape index (κ1) is 23.0. The lowest BCUT2D eigenvalue weighted by Crippen LogP contribution is -2.18. The molecule has 5 rings (SSSR count). The lowest BCUT2D eigenvalue weighted by molar-refractivity contribution is 0.379. The van der Waals surface area contributed by atoms with Crippen molar-refractivity contribution in [3.05, 3.63) is 88.5 Å². The average Bonchev–Trinajstić information content (AvgIpc) is 3.72. The van der Waals surface area contributed by atoms with E-state index in [2.05, 4.69) is 17.1 Å². The van der Waals surface area contributed by atoms with E-state index in [4.69, 9.17) is 9.47 Å². The summed E-state index contributed by atoms with van der Waals surface area (Å²) in [5.74, 6) is 0.807. The van der Waals surface area contributed by atoms with Gasteiger partial charge in [-0.1, -0.05) is 30.0 Å². The Kier molecular flexibility index (Phi) is 6.21. The molecule has 8 heteroatoms. The zero-order valence-electron chi connectivity index (χ0n) is 19.2. The van der Waals surface area contributed by atoms with E-state index < -0.39 is 11.4 Å². The normalized spacial score (nSPS) is 13.0. The molecular weight excluding hydrogens is 467 g/mol. The molecule has 1 heterocycles. The molecule has 0 spiro atoms. The Balaban J connectivity index is 1.71. The number of halogens is 1. The summed E-state index contributed by atoms with van der Waals surface area (Å²) in [5.41, 5.74) is 1.49. The highest BCUT2D eigenvalue weighted by Gasteiger charge is 2.26. The summed E-state index contributed by atoms with van der Waals surface area (Å²) < 4.78 is 26.1. The number of ether oxygens (including phenoxy) is 2. The Morgan fingerprint density at radius 3 is 2.17 bits per heavy atom. The Labute approximate surface area is 206 Å². The minimum atomic E-state index is -0.594. The largest absolute Gasteiger partial charge is 0.494 e. The van der Waals surface area contributed by atoms with Crippen molar-refractivity contribution >= 4 is 11.8 Å². The van der Waals surface area contributed by atoms with Crippen LogP contribution in [-0.4, -0.2) is 28.9 Å². The summed E-state index contributed by atoms with van der Waals surface area (Å²) in [5, 5.41) is 11.5. The van der Waals surface area contributed by atoms with Crippen LogP contribution in [0.3, 0.4) is 0 Å². The minimum Gasteiger partial charge on any atom is -0.494 e. The smallest absolute Gasteiger partial charge is 0.291 e. The number of rotatable bonds is 7. The molecule has 6 nitrogen and oxygen atoms in total. The molecule has 0 radical (unpaired) electrons. The lowest BCUT2D eigenvalue weighted by Gasteiger charge is -2.21. The SMILES string of the molecule is COc1cccc(OC)c1-n1c(-c2ccc(F)cc2)nc(=O)c(Sc2ccc(C3CC3)cc2)c1O. The fourth-order valence-electron chi connectivity index (χ4n) is 3.98. The molecule has 0 bridgehead atoms. The van der Waals surface area contributed by atoms with Crippen molar-refractivity contribution in [1.82, 2.24) is 9.55 Å². The van der Waals surface area contributed by atoms with Crippen LogP contribution in [0, 0.1) is 5.82 Å². The van der Waals surface area contributed by atoms with Gasteiger partial charge in [0, 0.05) is 10.5 Å². The molecule has 1 aliphatic carbocycles. The second-order valence-electron chi connectivity index (χ2n) is 8.19. The van der Waals surface area contributed by atoms with Gasteiger partial charge < -0.3 is 14.6 Å². The van der Waals surface area contributed by atoms with Crippen molar-refractivity contribution in [2.24, 2.45) is 0 Å². The topological polar surface area (TPSA) is 73.6 Å². The molecule has 0 unspecified atom stereocenters. The number of aromatic nitrogens is 2. The average molecular weight is 491 g/mol. The summed E-state index contributed by atoms with van der Waals surface area (Å²) in [6, 6.07) is 18.7. The van der Waals surface area contributed by atoms with Gasteiger partial charge in [0.1, 0.15) is 27.9 Å². The Morgan fingerprint density at radius 1 is 0.971 bits per heavy atom. The van der Waals surface area contributed by atoms with Crippen LogP contribution in [0.5, 0.6) is 17.4 Å². The maximum absolute atomic E-state index is 13.6. The van der Waals surface area contributed by atoms with Gasteiger partial charge >= 0.3 is 0 Å². The van der Waals surface area contributed by atoms with Crippen molar-refractivity contribution < 1.29 is 19.0 Å². The molecular formula is C27H23FN2O4S. The van der Waals surface area contributed by atoms with Crippen LogP contribution in [0.2, 0.25) is 0 Å². The maximum Gasteiger partial charge on any atom is 0.291 e. The molecule has 1 aliphatic rings. The van der Waals surface area contributed by atoms with Crippen molar-refractivity contribution in [3.8, 4) is 34.5 Å². The van der Waals surface area contributed by atoms with Gasteiger partial charge in [-0.3, -0.25) is 9.36 Å². The molecule has 3 aromatic carbocycles. The zero-order valence-corrected chi connectivity index (χ0v) is 20.0. The van der Waals surface area contributed by atoms with Gasteiger partial charge in [-0.2, -0.15) is 4.98 Å². The molecule has 1 aromatic heterocycles. The number of methoxy groups -OCH3 is 2. The Bertz CT molecular complexity index is 1410. The van der Waals surface area contributed by atoms with Gasteiger partial charge in [0.05, 0.1) is 14.2 Å². The second-order valence-corrected chi connectivity index (χ2v) is 9.28. The third kappa shape index (κ3) is 4.49. The first-order valence-corrected chi connectivity index (χ1v) is 11.9. The summed E-state index contributed by atoms with van der Waals surface area (Å²) in [7, 11) is 3.00. The van der Waals surface area contributed by atoms with Crippen LogP contribution in [0.15, 0.2) is 81.3 Å². The quantitative estimate of drug-likeness (QED) is 0.354. The monoisotopic (exact) mass is 490 g/mol. The van der Waals surface area contributed by atoms with Crippen molar-refractivity contribution in [3.63, 3.8) is 0 Å². The van der Waals surface area contributed by atoms with E-state index in [-0.39, 0.29) is 16.6 Å². The summed E-state index contributed by atoms with van der Waals surface area (Å²) in [6.45, 7) is 0. The van der Waals surface area contributed by atoms with Crippen LogP contribution in [-0.2, 0) is 0 Å². The predicted molar refractivity (Wildman–Crippen MR) is 133 cm³/mol. The Hall–Kier alpha value is -3.78. The predicted octanol–water partition coefficient (Wildman–Crippen LogP) is 5.79. The fourth-order valence-corrected chi connectivity index (χ4v) is 4.81. The molecule has 4 aromatic rings. The molecule has 1 N–H and O–H groups in total. The second kappa shape index (κ2) is 9.46. The van der Waals surface area contributed by atoms with Gasteiger partial charge in [0.2, 0.25) is 5.88 Å². The molecule has 0 atom stereocenters. The van der Waals surface area contributed by atoms with E-state index in [9.17, 15) is 14.3 Å². The number of hydrogen-bond acceptors (Lipinski definition) is 6. The van der Waals surface area contributed by atoms with Crippen LogP contribution in [0.1, 0.15) is 24.3 Å². The highest BCUT2D eigenvalue weighted by molar-refractivity contribution is 7.99. The number of nitrogens with zero attached hydrogens (tertiary/aromatic N) is 2. The third-order valence-electron chi connectivity index (χ3n) is 5.90. The van der Waals surface area contributed by atoms with Crippen molar-refractivity contribution in [1.29, 1.82) is 0 Å². The zero-order chi connectivity index (χ0) is 24.5. The molecule has 35 heavy (non-hydrogen) atoms. The molecule has 178 valence electrons. The van der Waals surface area contributed by atoms with Crippen LogP contribution in [0.25, 0.3) is 17.1 Å². The van der Waals surface area contributed by atoms with Crippen LogP contribution in [0.4, 0.5) is 4.39 Å². The first-order valence-electron chi connectivity index (χ1n) is 11.1. The van der Waals surface area contributed by atoms with E-state index >= 15 is 0 Å². The summed E-state index contributed by atoms with van der Waals surface area (Å²) in [6.07, 6.45) is 2.40. The molecule has 1 fully saturated rings. The van der Waals surface area contributed by atoms with E-state index in [1.807, 2.05) is 12.1 Å². The lowest BCUT2D eigenvalue weighted by atomic mass is 10.1. The van der Waals surface area contributed by atoms with Gasteiger partial charge in [-0.15, -0.1) is 0 Å². The summed E-state index contributed by atoms with van der Waals surface area (Å²) >= 11 is 1.14. The number of aromatic hydroxyl groups is 1. The number of para-hydroxylation sites is 1. The number of hydrogen-bond donors (Lipinski definition) is 1. The van der Waals surface area contributed by atoms with E-state index in [0.717, 1.165) is 16.7 Å². The standard InChI is InChI=1S/C27H23FN2O4S/c1-33-21-4-3-5-22(34-2)23(21)30-25(18-8-12-19(28)13-9-18)29-26(31)24(27(30)32)35-20-14-10-17(11-15-20)16-6-7-16/h3-5,8-16,32H,6-7H2,1-2H3. The van der Waals surface area contributed by atoms with Crippen LogP contribution < -0.4 is 15.0 Å². The molecule has 0 saturated heterocycles. The third-order valence-corrected chi connectivity index (χ3v) is 6.97. The molecule has 0 aliphatic heterocycles. The van der Waals surface area contributed by atoms with Crippen molar-refractivity contribution in [2.45, 2.75) is 28.6 Å². The van der Waals surface area contributed by atoms with Gasteiger partial charge in [0.15, 0.2) is 5.82 Å². The van der Waals surface area contributed by atoms with Gasteiger partial charge in [-0.25, -0.2) is 4.39 Å². The number of benzene rings is 3. The maximum atomic E-state index is 13.6. The van der Waals surface area contributed by atoms with Crippen molar-refractivity contribution in [2.75, 3.05) is 14.2 Å². The Morgan fingerprint density at radius 2 is 1.60 bits per heavy atom. The highest BCUT2D eigenvalue weighted by atomic mass is 32.2. The fraction of sp³-hybridized carbons (Fsp3) is 0.185. The summed E-state index contributed by atoms with van der Waals surface area (Å²) in [4.78, 5) is 18.3.